The van der Waals surface area contributed by atoms with Crippen LogP contribution in [0.15, 0.2) is 0 Å². The topological polar surface area (TPSA) is 32.3 Å². The van der Waals surface area contributed by atoms with Crippen molar-refractivity contribution in [3.63, 3.8) is 0 Å². The molecule has 0 radical (unpaired) electrons. The van der Waals surface area contributed by atoms with Crippen LogP contribution in [0, 0.1) is 6.92 Å². The molecule has 21 heavy (non-hydrogen) atoms. The average Bonchev–Trinajstić information content (AvgIpc) is 2.72. The van der Waals surface area contributed by atoms with Crippen LogP contribution in [0.5, 0.6) is 0 Å². The predicted molar refractivity (Wildman–Crippen MR) is 87.0 cm³/mol. The summed E-state index contributed by atoms with van der Waals surface area (Å²) in [6.45, 7) is 4.32. The SMILES string of the molecule is Cc1nc2c(c(N3CCC[C@@H](N(C)C)CC3)n1)CCCC2. The van der Waals surface area contributed by atoms with E-state index in [1.165, 1.54) is 55.6 Å². The molecule has 0 amide bonds. The van der Waals surface area contributed by atoms with Gasteiger partial charge < -0.3 is 9.80 Å². The second-order valence-electron chi connectivity index (χ2n) is 6.76. The Morgan fingerprint density at radius 3 is 2.62 bits per heavy atom. The molecule has 116 valence electrons. The summed E-state index contributed by atoms with van der Waals surface area (Å²) in [4.78, 5) is 14.4. The number of hydrogen-bond donors (Lipinski definition) is 0. The van der Waals surface area contributed by atoms with Crippen molar-refractivity contribution in [3.05, 3.63) is 17.1 Å². The van der Waals surface area contributed by atoms with Crippen molar-refractivity contribution in [1.82, 2.24) is 14.9 Å². The largest absolute Gasteiger partial charge is 0.356 e. The van der Waals surface area contributed by atoms with E-state index in [9.17, 15) is 0 Å². The number of fused-ring (bicyclic) bond motifs is 1. The van der Waals surface area contributed by atoms with E-state index in [4.69, 9.17) is 4.98 Å². The Labute approximate surface area is 128 Å². The summed E-state index contributed by atoms with van der Waals surface area (Å²) in [5, 5.41) is 0. The van der Waals surface area contributed by atoms with Crippen LogP contribution in [0.25, 0.3) is 0 Å². The first-order valence-corrected chi connectivity index (χ1v) is 8.43. The van der Waals surface area contributed by atoms with Gasteiger partial charge in [0.2, 0.25) is 0 Å². The van der Waals surface area contributed by atoms with Crippen molar-refractivity contribution in [2.24, 2.45) is 0 Å². The quantitative estimate of drug-likeness (QED) is 0.837. The molecule has 1 aliphatic carbocycles. The molecule has 0 bridgehead atoms. The van der Waals surface area contributed by atoms with Gasteiger partial charge in [0.05, 0.1) is 0 Å². The highest BCUT2D eigenvalue weighted by Crippen LogP contribution is 2.29. The monoisotopic (exact) mass is 288 g/mol. The van der Waals surface area contributed by atoms with Crippen molar-refractivity contribution in [1.29, 1.82) is 0 Å². The van der Waals surface area contributed by atoms with E-state index in [0.717, 1.165) is 25.3 Å². The van der Waals surface area contributed by atoms with Crippen LogP contribution in [-0.4, -0.2) is 48.1 Å². The lowest BCUT2D eigenvalue weighted by Crippen LogP contribution is -2.31. The fourth-order valence-electron chi connectivity index (χ4n) is 3.76. The molecular formula is C17H28N4. The highest BCUT2D eigenvalue weighted by Gasteiger charge is 2.24. The normalized spacial score (nSPS) is 23.0. The third-order valence-corrected chi connectivity index (χ3v) is 5.00. The molecule has 1 aromatic rings. The van der Waals surface area contributed by atoms with E-state index < -0.39 is 0 Å². The van der Waals surface area contributed by atoms with Crippen LogP contribution < -0.4 is 4.90 Å². The molecule has 0 saturated carbocycles. The Kier molecular flexibility index (Phi) is 4.43. The van der Waals surface area contributed by atoms with Gasteiger partial charge >= 0.3 is 0 Å². The summed E-state index contributed by atoms with van der Waals surface area (Å²) >= 11 is 0. The fourth-order valence-corrected chi connectivity index (χ4v) is 3.76. The predicted octanol–water partition coefficient (Wildman–Crippen LogP) is 2.58. The van der Waals surface area contributed by atoms with Gasteiger partial charge in [-0.05, 0) is 66.0 Å². The number of hydrogen-bond acceptors (Lipinski definition) is 4. The van der Waals surface area contributed by atoms with Crippen molar-refractivity contribution >= 4 is 5.82 Å². The molecule has 1 fully saturated rings. The summed E-state index contributed by atoms with van der Waals surface area (Å²) in [5.74, 6) is 2.19. The standard InChI is InChI=1S/C17H28N4/c1-13-18-16-9-5-4-8-15(16)17(19-13)21-11-6-7-14(10-12-21)20(2)3/h14H,4-12H2,1-3H3/t14-/m1/s1. The molecule has 2 aliphatic rings. The van der Waals surface area contributed by atoms with Crippen LogP contribution in [-0.2, 0) is 12.8 Å². The minimum atomic E-state index is 0.716. The Bertz CT molecular complexity index is 498. The second-order valence-corrected chi connectivity index (χ2v) is 6.76. The van der Waals surface area contributed by atoms with Crippen molar-refractivity contribution < 1.29 is 0 Å². The van der Waals surface area contributed by atoms with Gasteiger partial charge in [-0.1, -0.05) is 0 Å². The third kappa shape index (κ3) is 3.20. The molecule has 1 aliphatic heterocycles. The van der Waals surface area contributed by atoms with Crippen LogP contribution >= 0.6 is 0 Å². The zero-order valence-electron chi connectivity index (χ0n) is 13.7. The first kappa shape index (κ1) is 14.8. The zero-order valence-corrected chi connectivity index (χ0v) is 13.7. The first-order valence-electron chi connectivity index (χ1n) is 8.43. The molecule has 0 spiro atoms. The number of anilines is 1. The molecule has 4 nitrogen and oxygen atoms in total. The summed E-state index contributed by atoms with van der Waals surface area (Å²) in [5.41, 5.74) is 2.76. The molecule has 1 saturated heterocycles. The van der Waals surface area contributed by atoms with Gasteiger partial charge in [-0.15, -0.1) is 0 Å². The maximum Gasteiger partial charge on any atom is 0.135 e. The molecule has 3 rings (SSSR count). The van der Waals surface area contributed by atoms with E-state index in [-0.39, 0.29) is 0 Å². The van der Waals surface area contributed by atoms with Gasteiger partial charge in [-0.3, -0.25) is 0 Å². The van der Waals surface area contributed by atoms with E-state index in [1.807, 2.05) is 6.92 Å². The van der Waals surface area contributed by atoms with Crippen LogP contribution in [0.4, 0.5) is 5.82 Å². The highest BCUT2D eigenvalue weighted by molar-refractivity contribution is 5.50. The smallest absolute Gasteiger partial charge is 0.135 e. The maximum absolute atomic E-state index is 4.82. The number of rotatable bonds is 2. The van der Waals surface area contributed by atoms with E-state index in [1.54, 1.807) is 0 Å². The maximum atomic E-state index is 4.82. The molecule has 4 heteroatoms. The van der Waals surface area contributed by atoms with Crippen molar-refractivity contribution in [3.8, 4) is 0 Å². The molecule has 2 heterocycles. The third-order valence-electron chi connectivity index (χ3n) is 5.00. The minimum Gasteiger partial charge on any atom is -0.356 e. The summed E-state index contributed by atoms with van der Waals surface area (Å²) < 4.78 is 0. The van der Waals surface area contributed by atoms with Crippen LogP contribution in [0.1, 0.15) is 49.2 Å². The van der Waals surface area contributed by atoms with Gasteiger partial charge in [0.1, 0.15) is 11.6 Å². The van der Waals surface area contributed by atoms with Crippen molar-refractivity contribution in [2.75, 3.05) is 32.1 Å². The average molecular weight is 288 g/mol. The van der Waals surface area contributed by atoms with Gasteiger partial charge in [0.15, 0.2) is 0 Å². The molecule has 0 N–H and O–H groups in total. The minimum absolute atomic E-state index is 0.716. The van der Waals surface area contributed by atoms with Crippen molar-refractivity contribution in [2.45, 2.75) is 57.9 Å². The second kappa shape index (κ2) is 6.30. The molecule has 1 atom stereocenters. The van der Waals surface area contributed by atoms with Gasteiger partial charge in [0, 0.05) is 30.4 Å². The number of aromatic nitrogens is 2. The van der Waals surface area contributed by atoms with Gasteiger partial charge in [-0.2, -0.15) is 0 Å². The fraction of sp³-hybridized carbons (Fsp3) is 0.765. The van der Waals surface area contributed by atoms with E-state index in [2.05, 4.69) is 28.9 Å². The molecule has 0 unspecified atom stereocenters. The zero-order chi connectivity index (χ0) is 14.8. The Morgan fingerprint density at radius 1 is 1.00 bits per heavy atom. The lowest BCUT2D eigenvalue weighted by atomic mass is 9.96. The van der Waals surface area contributed by atoms with E-state index in [0.29, 0.717) is 6.04 Å². The Balaban J connectivity index is 1.85. The van der Waals surface area contributed by atoms with Gasteiger partial charge in [0.25, 0.3) is 0 Å². The van der Waals surface area contributed by atoms with Gasteiger partial charge in [-0.25, -0.2) is 9.97 Å². The summed E-state index contributed by atoms with van der Waals surface area (Å²) in [6, 6.07) is 0.716. The summed E-state index contributed by atoms with van der Waals surface area (Å²) in [6.07, 6.45) is 8.69. The molecule has 0 aromatic carbocycles. The molecule has 1 aromatic heterocycles. The van der Waals surface area contributed by atoms with Crippen LogP contribution in [0.3, 0.4) is 0 Å². The number of aryl methyl sites for hydroxylation is 2. The summed E-state index contributed by atoms with van der Waals surface area (Å²) in [7, 11) is 4.41. The highest BCUT2D eigenvalue weighted by atomic mass is 15.2. The number of nitrogens with zero attached hydrogens (tertiary/aromatic N) is 4. The Morgan fingerprint density at radius 2 is 1.81 bits per heavy atom. The first-order chi connectivity index (χ1) is 10.1. The lowest BCUT2D eigenvalue weighted by molar-refractivity contribution is 0.272. The molecular weight excluding hydrogens is 260 g/mol. The Hall–Kier alpha value is -1.16. The lowest BCUT2D eigenvalue weighted by Gasteiger charge is -2.28. The van der Waals surface area contributed by atoms with E-state index >= 15 is 0 Å². The van der Waals surface area contributed by atoms with Crippen LogP contribution in [0.2, 0.25) is 0 Å².